The van der Waals surface area contributed by atoms with Gasteiger partial charge in [0, 0.05) is 11.6 Å². The lowest BCUT2D eigenvalue weighted by Crippen LogP contribution is -2.04. The summed E-state index contributed by atoms with van der Waals surface area (Å²) in [5.74, 6) is 0.624. The number of aliphatic hydroxyl groups is 1. The molecule has 0 saturated heterocycles. The van der Waals surface area contributed by atoms with Crippen molar-refractivity contribution in [3.63, 3.8) is 0 Å². The van der Waals surface area contributed by atoms with Crippen molar-refractivity contribution >= 4 is 0 Å². The largest absolute Gasteiger partial charge is 0.390 e. The second-order valence-electron chi connectivity index (χ2n) is 5.19. The van der Waals surface area contributed by atoms with E-state index in [2.05, 4.69) is 37.1 Å². The number of aryl methyl sites for hydroxylation is 2. The van der Waals surface area contributed by atoms with Crippen LogP contribution in [0.3, 0.4) is 0 Å². The van der Waals surface area contributed by atoms with Gasteiger partial charge in [-0.05, 0) is 44.4 Å². The average molecular weight is 242 g/mol. The summed E-state index contributed by atoms with van der Waals surface area (Å²) < 4.78 is 2.01. The van der Waals surface area contributed by atoms with Crippen LogP contribution in [-0.2, 0) is 6.61 Å². The first-order valence-electron chi connectivity index (χ1n) is 6.46. The van der Waals surface area contributed by atoms with Crippen LogP contribution in [0.25, 0.3) is 5.69 Å². The quantitative estimate of drug-likeness (QED) is 0.898. The van der Waals surface area contributed by atoms with Crippen LogP contribution in [0.2, 0.25) is 0 Å². The van der Waals surface area contributed by atoms with E-state index in [4.69, 9.17) is 0 Å². The van der Waals surface area contributed by atoms with Gasteiger partial charge in [0.25, 0.3) is 0 Å². The minimum atomic E-state index is 0.0115. The highest BCUT2D eigenvalue weighted by atomic mass is 16.3. The van der Waals surface area contributed by atoms with Crippen molar-refractivity contribution in [2.75, 3.05) is 0 Å². The summed E-state index contributed by atoms with van der Waals surface area (Å²) in [6.07, 6.45) is 2.48. The molecule has 0 atom stereocenters. The molecule has 18 heavy (non-hydrogen) atoms. The molecule has 0 unspecified atom stereocenters. The van der Waals surface area contributed by atoms with Crippen LogP contribution in [0.5, 0.6) is 0 Å². The van der Waals surface area contributed by atoms with Crippen LogP contribution in [0.1, 0.15) is 41.3 Å². The number of aliphatic hydroxyl groups excluding tert-OH is 1. The third kappa shape index (κ3) is 1.95. The monoisotopic (exact) mass is 242 g/mol. The molecular formula is C15H18N2O. The number of rotatable bonds is 3. The fraction of sp³-hybridized carbons (Fsp3) is 0.400. The van der Waals surface area contributed by atoms with E-state index < -0.39 is 0 Å². The van der Waals surface area contributed by atoms with E-state index in [9.17, 15) is 5.11 Å². The molecule has 3 heteroatoms. The van der Waals surface area contributed by atoms with Gasteiger partial charge in [-0.1, -0.05) is 17.7 Å². The van der Waals surface area contributed by atoms with E-state index in [0.29, 0.717) is 5.92 Å². The number of nitrogens with zero attached hydrogens (tertiary/aromatic N) is 2. The molecule has 1 N–H and O–H groups in total. The maximum Gasteiger partial charge on any atom is 0.0886 e. The smallest absolute Gasteiger partial charge is 0.0886 e. The highest BCUT2D eigenvalue weighted by Gasteiger charge is 2.28. The molecule has 3 rings (SSSR count). The molecule has 0 radical (unpaired) electrons. The van der Waals surface area contributed by atoms with Gasteiger partial charge in [-0.2, -0.15) is 5.10 Å². The molecule has 1 aromatic heterocycles. The summed E-state index contributed by atoms with van der Waals surface area (Å²) in [6.45, 7) is 4.22. The fourth-order valence-electron chi connectivity index (χ4n) is 2.43. The van der Waals surface area contributed by atoms with Crippen LogP contribution in [0.15, 0.2) is 24.3 Å². The molecule has 94 valence electrons. The van der Waals surface area contributed by atoms with Gasteiger partial charge in [-0.15, -0.1) is 0 Å². The Kier molecular flexibility index (Phi) is 2.71. The summed E-state index contributed by atoms with van der Waals surface area (Å²) in [4.78, 5) is 0. The minimum absolute atomic E-state index is 0.0115. The SMILES string of the molecule is Cc1ccc(-n2nc(CO)cc2C2CC2)c(C)c1. The van der Waals surface area contributed by atoms with Gasteiger partial charge in [-0.25, -0.2) is 4.68 Å². The second-order valence-corrected chi connectivity index (χ2v) is 5.19. The van der Waals surface area contributed by atoms with Gasteiger partial charge in [0.1, 0.15) is 0 Å². The van der Waals surface area contributed by atoms with Gasteiger partial charge in [0.15, 0.2) is 0 Å². The van der Waals surface area contributed by atoms with E-state index in [0.717, 1.165) is 11.4 Å². The van der Waals surface area contributed by atoms with E-state index in [1.54, 1.807) is 0 Å². The van der Waals surface area contributed by atoms with Gasteiger partial charge < -0.3 is 5.11 Å². The van der Waals surface area contributed by atoms with Crippen molar-refractivity contribution in [3.8, 4) is 5.69 Å². The Morgan fingerprint density at radius 2 is 2.06 bits per heavy atom. The predicted octanol–water partition coefficient (Wildman–Crippen LogP) is 2.86. The van der Waals surface area contributed by atoms with Crippen molar-refractivity contribution in [1.29, 1.82) is 0 Å². The lowest BCUT2D eigenvalue weighted by atomic mass is 10.1. The van der Waals surface area contributed by atoms with Crippen molar-refractivity contribution < 1.29 is 5.11 Å². The summed E-state index contributed by atoms with van der Waals surface area (Å²) >= 11 is 0. The summed E-state index contributed by atoms with van der Waals surface area (Å²) in [7, 11) is 0. The number of hydrogen-bond acceptors (Lipinski definition) is 2. The van der Waals surface area contributed by atoms with Gasteiger partial charge in [0.05, 0.1) is 18.0 Å². The van der Waals surface area contributed by atoms with Gasteiger partial charge >= 0.3 is 0 Å². The Balaban J connectivity index is 2.12. The van der Waals surface area contributed by atoms with Crippen LogP contribution in [0.4, 0.5) is 0 Å². The minimum Gasteiger partial charge on any atom is -0.390 e. The van der Waals surface area contributed by atoms with Crippen molar-refractivity contribution in [2.45, 2.75) is 39.2 Å². The maximum atomic E-state index is 9.26. The molecular weight excluding hydrogens is 224 g/mol. The first-order chi connectivity index (χ1) is 8.69. The van der Waals surface area contributed by atoms with Crippen LogP contribution in [0, 0.1) is 13.8 Å². The molecule has 2 aromatic rings. The number of aromatic nitrogens is 2. The van der Waals surface area contributed by atoms with E-state index in [-0.39, 0.29) is 6.61 Å². The van der Waals surface area contributed by atoms with Gasteiger partial charge in [0.2, 0.25) is 0 Å². The highest BCUT2D eigenvalue weighted by Crippen LogP contribution is 2.41. The zero-order valence-electron chi connectivity index (χ0n) is 10.8. The molecule has 0 spiro atoms. The Labute approximate surface area is 107 Å². The molecule has 1 aliphatic rings. The second kappa shape index (κ2) is 4.25. The normalized spacial score (nSPS) is 15.1. The zero-order chi connectivity index (χ0) is 12.7. The van der Waals surface area contributed by atoms with Crippen molar-refractivity contribution in [3.05, 3.63) is 46.8 Å². The summed E-state index contributed by atoms with van der Waals surface area (Å²) in [6, 6.07) is 8.44. The van der Waals surface area contributed by atoms with Crippen molar-refractivity contribution in [1.82, 2.24) is 9.78 Å². The Bertz CT molecular complexity index is 582. The molecule has 1 saturated carbocycles. The van der Waals surface area contributed by atoms with Gasteiger partial charge in [-0.3, -0.25) is 0 Å². The molecule has 0 bridgehead atoms. The molecule has 1 heterocycles. The third-order valence-electron chi connectivity index (χ3n) is 3.53. The number of benzene rings is 1. The standard InChI is InChI=1S/C15H18N2O/c1-10-3-6-14(11(2)7-10)17-15(12-4-5-12)8-13(9-18)16-17/h3,6-8,12,18H,4-5,9H2,1-2H3. The van der Waals surface area contributed by atoms with Crippen LogP contribution >= 0.6 is 0 Å². The summed E-state index contributed by atoms with van der Waals surface area (Å²) in [5.41, 5.74) is 5.62. The predicted molar refractivity (Wildman–Crippen MR) is 70.9 cm³/mol. The van der Waals surface area contributed by atoms with E-state index in [1.807, 2.05) is 10.7 Å². The Morgan fingerprint density at radius 1 is 1.28 bits per heavy atom. The average Bonchev–Trinajstić information content (AvgIpc) is 3.10. The van der Waals surface area contributed by atoms with Crippen LogP contribution in [-0.4, -0.2) is 14.9 Å². The Morgan fingerprint density at radius 3 is 2.67 bits per heavy atom. The topological polar surface area (TPSA) is 38.0 Å². The fourth-order valence-corrected chi connectivity index (χ4v) is 2.43. The maximum absolute atomic E-state index is 9.26. The molecule has 0 aliphatic heterocycles. The summed E-state index contributed by atoms with van der Waals surface area (Å²) in [5, 5.41) is 13.8. The van der Waals surface area contributed by atoms with E-state index in [1.165, 1.54) is 29.7 Å². The molecule has 3 nitrogen and oxygen atoms in total. The number of hydrogen-bond donors (Lipinski definition) is 1. The zero-order valence-corrected chi connectivity index (χ0v) is 10.8. The highest BCUT2D eigenvalue weighted by molar-refractivity contribution is 5.44. The first-order valence-corrected chi connectivity index (χ1v) is 6.46. The Hall–Kier alpha value is -1.61. The molecule has 1 aliphatic carbocycles. The molecule has 1 fully saturated rings. The lowest BCUT2D eigenvalue weighted by Gasteiger charge is -2.10. The molecule has 1 aromatic carbocycles. The first kappa shape index (κ1) is 11.5. The van der Waals surface area contributed by atoms with E-state index >= 15 is 0 Å². The van der Waals surface area contributed by atoms with Crippen LogP contribution < -0.4 is 0 Å². The lowest BCUT2D eigenvalue weighted by molar-refractivity contribution is 0.276. The third-order valence-corrected chi connectivity index (χ3v) is 3.53. The molecule has 0 amide bonds. The van der Waals surface area contributed by atoms with Crippen molar-refractivity contribution in [2.24, 2.45) is 0 Å².